The monoisotopic (exact) mass is 286 g/mol. The summed E-state index contributed by atoms with van der Waals surface area (Å²) in [5.74, 6) is 1.73. The van der Waals surface area contributed by atoms with Gasteiger partial charge in [0.05, 0.1) is 14.2 Å². The predicted molar refractivity (Wildman–Crippen MR) is 72.8 cm³/mol. The molecule has 4 heteroatoms. The van der Waals surface area contributed by atoms with Gasteiger partial charge in [-0.15, -0.1) is 12.1 Å². The maximum atomic E-state index is 5.31. The standard InChI is InChI=1S/C16H16O2.2Na/c1-17-15-9-5-3-7-13(15)11-12-14-8-4-6-10-16(14)18-2;;/h3-12H,1-2H3;;/q-2;2*+1. The SMILES string of the molecule is COc1ccccc1[CH-][CH-]c1ccccc1OC.[Na+].[Na+]. The molecule has 0 aliphatic heterocycles. The van der Waals surface area contributed by atoms with Crippen LogP contribution >= 0.6 is 0 Å². The van der Waals surface area contributed by atoms with Crippen molar-refractivity contribution in [3.05, 3.63) is 72.5 Å². The molecule has 0 spiro atoms. The van der Waals surface area contributed by atoms with Gasteiger partial charge in [0.25, 0.3) is 0 Å². The summed E-state index contributed by atoms with van der Waals surface area (Å²) >= 11 is 0. The average Bonchev–Trinajstić information content (AvgIpc) is 2.45. The van der Waals surface area contributed by atoms with Crippen LogP contribution in [0.3, 0.4) is 0 Å². The Morgan fingerprint density at radius 1 is 0.650 bits per heavy atom. The van der Waals surface area contributed by atoms with E-state index in [2.05, 4.69) is 0 Å². The minimum atomic E-state index is 0. The summed E-state index contributed by atoms with van der Waals surface area (Å²) in [6.07, 6.45) is 4.05. The first-order chi connectivity index (χ1) is 8.85. The Hall–Kier alpha value is -0.220. The van der Waals surface area contributed by atoms with Crippen LogP contribution in [0.15, 0.2) is 48.5 Å². The fourth-order valence-corrected chi connectivity index (χ4v) is 1.79. The first-order valence-electron chi connectivity index (χ1n) is 5.79. The summed E-state index contributed by atoms with van der Waals surface area (Å²) in [7, 11) is 3.35. The molecule has 0 heterocycles. The quantitative estimate of drug-likeness (QED) is 0.447. The van der Waals surface area contributed by atoms with Crippen LogP contribution in [0.5, 0.6) is 11.5 Å². The van der Waals surface area contributed by atoms with E-state index in [4.69, 9.17) is 9.47 Å². The van der Waals surface area contributed by atoms with Crippen LogP contribution in [-0.2, 0) is 0 Å². The normalized spacial score (nSPS) is 8.70. The molecule has 20 heavy (non-hydrogen) atoms. The van der Waals surface area contributed by atoms with Crippen molar-refractivity contribution in [2.24, 2.45) is 0 Å². The summed E-state index contributed by atoms with van der Waals surface area (Å²) in [6, 6.07) is 15.8. The molecule has 0 aliphatic rings. The fraction of sp³-hybridized carbons (Fsp3) is 0.125. The van der Waals surface area contributed by atoms with Gasteiger partial charge in [-0.1, -0.05) is 24.3 Å². The van der Waals surface area contributed by atoms with E-state index in [-0.39, 0.29) is 59.1 Å². The molecule has 0 atom stereocenters. The summed E-state index contributed by atoms with van der Waals surface area (Å²) < 4.78 is 10.6. The van der Waals surface area contributed by atoms with Crippen LogP contribution < -0.4 is 68.6 Å². The smallest absolute Gasteiger partial charge is 0.554 e. The minimum absolute atomic E-state index is 0. The topological polar surface area (TPSA) is 18.5 Å². The third-order valence-corrected chi connectivity index (χ3v) is 2.72. The molecule has 94 valence electrons. The number of rotatable bonds is 5. The largest absolute Gasteiger partial charge is 1.00 e. The van der Waals surface area contributed by atoms with Gasteiger partial charge in [0.1, 0.15) is 0 Å². The molecular weight excluding hydrogens is 270 g/mol. The third-order valence-electron chi connectivity index (χ3n) is 2.72. The molecule has 0 radical (unpaired) electrons. The molecule has 0 bridgehead atoms. The number of para-hydroxylation sites is 2. The van der Waals surface area contributed by atoms with Gasteiger partial charge in [0.15, 0.2) is 0 Å². The molecular formula is C16H16Na2O2. The van der Waals surface area contributed by atoms with Crippen molar-refractivity contribution in [2.75, 3.05) is 14.2 Å². The fourth-order valence-electron chi connectivity index (χ4n) is 1.79. The van der Waals surface area contributed by atoms with Gasteiger partial charge in [-0.05, 0) is 0 Å². The molecule has 0 aromatic heterocycles. The predicted octanol–water partition coefficient (Wildman–Crippen LogP) is -2.48. The van der Waals surface area contributed by atoms with Crippen LogP contribution in [0.1, 0.15) is 11.1 Å². The Morgan fingerprint density at radius 3 is 1.35 bits per heavy atom. The van der Waals surface area contributed by atoms with E-state index in [9.17, 15) is 0 Å². The Kier molecular flexibility index (Phi) is 10.4. The van der Waals surface area contributed by atoms with Gasteiger partial charge in [-0.2, -0.15) is 23.3 Å². The van der Waals surface area contributed by atoms with E-state index in [1.165, 1.54) is 0 Å². The van der Waals surface area contributed by atoms with Gasteiger partial charge in [0.2, 0.25) is 0 Å². The van der Waals surface area contributed by atoms with Crippen molar-refractivity contribution >= 4 is 0 Å². The first kappa shape index (κ1) is 19.8. The third kappa shape index (κ3) is 5.28. The van der Waals surface area contributed by atoms with E-state index >= 15 is 0 Å². The summed E-state index contributed by atoms with van der Waals surface area (Å²) in [5, 5.41) is 0. The molecule has 2 aromatic rings. The van der Waals surface area contributed by atoms with Gasteiger partial charge in [0, 0.05) is 11.5 Å². The summed E-state index contributed by atoms with van der Waals surface area (Å²) in [5.41, 5.74) is 2.09. The summed E-state index contributed by atoms with van der Waals surface area (Å²) in [6.45, 7) is 0. The minimum Gasteiger partial charge on any atom is -0.554 e. The molecule has 0 N–H and O–H groups in total. The molecule has 2 aromatic carbocycles. The molecule has 0 aliphatic carbocycles. The van der Waals surface area contributed by atoms with Crippen LogP contribution in [0.4, 0.5) is 0 Å². The molecule has 0 unspecified atom stereocenters. The Morgan fingerprint density at radius 2 is 1.00 bits per heavy atom. The zero-order valence-corrected chi connectivity index (χ0v) is 16.6. The Balaban J connectivity index is 0.00000180. The van der Waals surface area contributed by atoms with Crippen LogP contribution in [-0.4, -0.2) is 14.2 Å². The van der Waals surface area contributed by atoms with Crippen molar-refractivity contribution in [1.29, 1.82) is 0 Å². The average molecular weight is 286 g/mol. The molecule has 0 saturated carbocycles. The van der Waals surface area contributed by atoms with Crippen molar-refractivity contribution in [1.82, 2.24) is 0 Å². The maximum Gasteiger partial charge on any atom is 1.00 e. The van der Waals surface area contributed by atoms with Gasteiger partial charge in [-0.25, -0.2) is 12.8 Å². The zero-order valence-electron chi connectivity index (χ0n) is 12.6. The van der Waals surface area contributed by atoms with Crippen LogP contribution in [0.25, 0.3) is 0 Å². The number of hydrogen-bond acceptors (Lipinski definition) is 2. The second kappa shape index (κ2) is 10.5. The van der Waals surface area contributed by atoms with Crippen LogP contribution in [0, 0.1) is 12.8 Å². The van der Waals surface area contributed by atoms with E-state index in [0.717, 1.165) is 22.6 Å². The number of methoxy groups -OCH3 is 2. The molecule has 0 fully saturated rings. The van der Waals surface area contributed by atoms with Crippen molar-refractivity contribution in [3.8, 4) is 11.5 Å². The van der Waals surface area contributed by atoms with E-state index in [1.54, 1.807) is 14.2 Å². The molecule has 2 rings (SSSR count). The first-order valence-corrected chi connectivity index (χ1v) is 5.79. The molecule has 2 nitrogen and oxygen atoms in total. The Bertz CT molecular complexity index is 468. The van der Waals surface area contributed by atoms with Crippen molar-refractivity contribution in [3.63, 3.8) is 0 Å². The number of ether oxygens (including phenoxy) is 2. The zero-order chi connectivity index (χ0) is 12.8. The van der Waals surface area contributed by atoms with E-state index in [0.29, 0.717) is 0 Å². The molecule has 0 amide bonds. The van der Waals surface area contributed by atoms with E-state index in [1.807, 2.05) is 61.4 Å². The van der Waals surface area contributed by atoms with Crippen molar-refractivity contribution in [2.45, 2.75) is 0 Å². The maximum absolute atomic E-state index is 5.31. The number of hydrogen-bond donors (Lipinski definition) is 0. The van der Waals surface area contributed by atoms with Gasteiger partial charge in [-0.3, -0.25) is 0 Å². The summed E-state index contributed by atoms with van der Waals surface area (Å²) in [4.78, 5) is 0. The van der Waals surface area contributed by atoms with E-state index < -0.39 is 0 Å². The molecule has 0 saturated heterocycles. The van der Waals surface area contributed by atoms with Crippen LogP contribution in [0.2, 0.25) is 0 Å². The second-order valence-corrected chi connectivity index (χ2v) is 3.82. The van der Waals surface area contributed by atoms with Crippen molar-refractivity contribution < 1.29 is 68.6 Å². The van der Waals surface area contributed by atoms with Gasteiger partial charge >= 0.3 is 59.1 Å². The number of benzene rings is 2. The Labute approximate surface area is 165 Å². The second-order valence-electron chi connectivity index (χ2n) is 3.82. The van der Waals surface area contributed by atoms with Gasteiger partial charge < -0.3 is 9.47 Å².